The van der Waals surface area contributed by atoms with Crippen LogP contribution in [0.15, 0.2) is 30.7 Å². The number of Topliss-reactive ketones (excluding diaryl/α,β-unsaturated/α-hetero) is 1. The van der Waals surface area contributed by atoms with Gasteiger partial charge in [0.2, 0.25) is 0 Å². The van der Waals surface area contributed by atoms with Crippen molar-refractivity contribution in [1.29, 1.82) is 0 Å². The van der Waals surface area contributed by atoms with Gasteiger partial charge in [0.15, 0.2) is 5.78 Å². The number of carbonyl (C=O) groups excluding carboxylic acids is 2. The Labute approximate surface area is 146 Å². The molecule has 0 unspecified atom stereocenters. The first-order valence-corrected chi connectivity index (χ1v) is 8.20. The molecule has 0 atom stereocenters. The molecule has 7 heteroatoms. The number of hydrogen-bond donors (Lipinski definition) is 1. The van der Waals surface area contributed by atoms with Gasteiger partial charge < -0.3 is 4.74 Å². The summed E-state index contributed by atoms with van der Waals surface area (Å²) in [6.45, 7) is 5.38. The van der Waals surface area contributed by atoms with Crippen molar-refractivity contribution in [3.63, 3.8) is 0 Å². The van der Waals surface area contributed by atoms with Crippen LogP contribution in [-0.2, 0) is 17.2 Å². The molecule has 1 amide bonds. The number of carbonyl (C=O) groups is 2. The summed E-state index contributed by atoms with van der Waals surface area (Å²) in [5, 5.41) is 6.76. The third-order valence-electron chi connectivity index (χ3n) is 4.08. The maximum absolute atomic E-state index is 12.8. The van der Waals surface area contributed by atoms with Gasteiger partial charge in [-0.3, -0.25) is 19.8 Å². The number of rotatable bonds is 4. The van der Waals surface area contributed by atoms with Crippen molar-refractivity contribution in [3.8, 4) is 0 Å². The smallest absolute Gasteiger partial charge is 0.412 e. The quantitative estimate of drug-likeness (QED) is 0.863. The third kappa shape index (κ3) is 3.70. The first-order chi connectivity index (χ1) is 11.7. The summed E-state index contributed by atoms with van der Waals surface area (Å²) in [4.78, 5) is 28.8. The Hall–Kier alpha value is -2.70. The third-order valence-corrected chi connectivity index (χ3v) is 4.08. The van der Waals surface area contributed by atoms with Crippen molar-refractivity contribution in [2.24, 2.45) is 7.05 Å². The van der Waals surface area contributed by atoms with Crippen LogP contribution in [0.1, 0.15) is 49.7 Å². The summed E-state index contributed by atoms with van der Waals surface area (Å²) in [7, 11) is 1.83. The second-order valence-corrected chi connectivity index (χ2v) is 7.37. The fraction of sp³-hybridized carbons (Fsp3) is 0.444. The summed E-state index contributed by atoms with van der Waals surface area (Å²) in [5.74, 6) is -0.00989. The van der Waals surface area contributed by atoms with E-state index in [-0.39, 0.29) is 5.78 Å². The van der Waals surface area contributed by atoms with Crippen LogP contribution in [-0.4, -0.2) is 32.2 Å². The van der Waals surface area contributed by atoms with E-state index >= 15 is 0 Å². The molecular weight excluding hydrogens is 320 g/mol. The number of hydrogen-bond acceptors (Lipinski definition) is 5. The Morgan fingerprint density at radius 2 is 1.96 bits per heavy atom. The number of amides is 1. The maximum atomic E-state index is 12.8. The summed E-state index contributed by atoms with van der Waals surface area (Å²) in [6, 6.07) is 3.29. The molecule has 0 aromatic carbocycles. The molecule has 1 fully saturated rings. The van der Waals surface area contributed by atoms with Gasteiger partial charge in [0.05, 0.1) is 23.5 Å². The highest BCUT2D eigenvalue weighted by Crippen LogP contribution is 2.50. The fourth-order valence-corrected chi connectivity index (χ4v) is 2.71. The fourth-order valence-electron chi connectivity index (χ4n) is 2.71. The second-order valence-electron chi connectivity index (χ2n) is 7.37. The topological polar surface area (TPSA) is 86.1 Å². The highest BCUT2D eigenvalue weighted by molar-refractivity contribution is 6.05. The maximum Gasteiger partial charge on any atom is 0.412 e. The number of ketones is 1. The number of nitrogens with one attached hydrogen (secondary N) is 1. The lowest BCUT2D eigenvalue weighted by atomic mass is 9.92. The van der Waals surface area contributed by atoms with Gasteiger partial charge in [-0.2, -0.15) is 5.10 Å². The molecule has 2 aromatic heterocycles. The molecule has 25 heavy (non-hydrogen) atoms. The average Bonchev–Trinajstić information content (AvgIpc) is 3.21. The highest BCUT2D eigenvalue weighted by Gasteiger charge is 2.52. The number of aromatic nitrogens is 3. The van der Waals surface area contributed by atoms with Crippen LogP contribution in [0.25, 0.3) is 0 Å². The molecule has 1 aliphatic rings. The van der Waals surface area contributed by atoms with Crippen LogP contribution >= 0.6 is 0 Å². The Balaban J connectivity index is 1.70. The largest absolute Gasteiger partial charge is 0.444 e. The predicted octanol–water partition coefficient (Wildman–Crippen LogP) is 3.08. The Morgan fingerprint density at radius 1 is 1.24 bits per heavy atom. The minimum Gasteiger partial charge on any atom is -0.444 e. The van der Waals surface area contributed by atoms with E-state index in [1.807, 2.05) is 13.2 Å². The number of anilines is 1. The summed E-state index contributed by atoms with van der Waals surface area (Å²) in [5.41, 5.74) is 0.725. The molecule has 1 saturated carbocycles. The Bertz CT molecular complexity index is 798. The van der Waals surface area contributed by atoms with Gasteiger partial charge in [-0.1, -0.05) is 0 Å². The molecule has 2 aromatic rings. The Kier molecular flexibility index (Phi) is 4.10. The summed E-state index contributed by atoms with van der Waals surface area (Å²) in [6.07, 6.45) is 6.14. The molecule has 1 N–H and O–H groups in total. The summed E-state index contributed by atoms with van der Waals surface area (Å²) >= 11 is 0. The van der Waals surface area contributed by atoms with E-state index in [9.17, 15) is 9.59 Å². The van der Waals surface area contributed by atoms with Gasteiger partial charge >= 0.3 is 6.09 Å². The highest BCUT2D eigenvalue weighted by atomic mass is 16.6. The molecule has 0 radical (unpaired) electrons. The molecule has 0 aliphatic heterocycles. The normalized spacial score (nSPS) is 15.5. The van der Waals surface area contributed by atoms with Crippen LogP contribution in [0.3, 0.4) is 0 Å². The number of aryl methyl sites for hydroxylation is 1. The van der Waals surface area contributed by atoms with E-state index in [1.165, 1.54) is 6.20 Å². The van der Waals surface area contributed by atoms with Gasteiger partial charge in [-0.05, 0) is 45.7 Å². The zero-order valence-electron chi connectivity index (χ0n) is 14.9. The number of nitrogens with zero attached hydrogens (tertiary/aromatic N) is 3. The first-order valence-electron chi connectivity index (χ1n) is 8.20. The van der Waals surface area contributed by atoms with Gasteiger partial charge in [0, 0.05) is 18.8 Å². The zero-order chi connectivity index (χ0) is 18.2. The summed E-state index contributed by atoms with van der Waals surface area (Å²) < 4.78 is 6.89. The van der Waals surface area contributed by atoms with Gasteiger partial charge in [-0.25, -0.2) is 4.79 Å². The standard InChI is InChI=1S/C18H22N4O3/c1-17(2,3)25-16(24)21-13-5-6-14(19-10-13)15(23)18(7-8-18)12-9-20-22(4)11-12/h5-6,9-11H,7-8H2,1-4H3,(H,21,24). The van der Waals surface area contributed by atoms with Crippen molar-refractivity contribution in [2.75, 3.05) is 5.32 Å². The van der Waals surface area contributed by atoms with Crippen molar-refractivity contribution in [1.82, 2.24) is 14.8 Å². The Morgan fingerprint density at radius 3 is 2.44 bits per heavy atom. The van der Waals surface area contributed by atoms with E-state index in [0.717, 1.165) is 18.4 Å². The molecule has 3 rings (SSSR count). The van der Waals surface area contributed by atoms with Crippen molar-refractivity contribution >= 4 is 17.6 Å². The second kappa shape index (κ2) is 5.98. The monoisotopic (exact) mass is 342 g/mol. The molecule has 1 aliphatic carbocycles. The molecule has 2 heterocycles. The molecule has 7 nitrogen and oxygen atoms in total. The minimum absolute atomic E-state index is 0.00989. The van der Waals surface area contributed by atoms with Crippen molar-refractivity contribution < 1.29 is 14.3 Å². The zero-order valence-corrected chi connectivity index (χ0v) is 14.9. The predicted molar refractivity (Wildman–Crippen MR) is 92.5 cm³/mol. The van der Waals surface area contributed by atoms with Gasteiger partial charge in [-0.15, -0.1) is 0 Å². The van der Waals surface area contributed by atoms with Crippen LogP contribution in [0.5, 0.6) is 0 Å². The number of ether oxygens (including phenoxy) is 1. The van der Waals surface area contributed by atoms with Gasteiger partial charge in [0.25, 0.3) is 0 Å². The van der Waals surface area contributed by atoms with E-state index in [1.54, 1.807) is 43.8 Å². The lowest BCUT2D eigenvalue weighted by Crippen LogP contribution is -2.27. The van der Waals surface area contributed by atoms with Crippen LogP contribution in [0, 0.1) is 0 Å². The molecule has 0 saturated heterocycles. The number of pyridine rings is 1. The van der Waals surface area contributed by atoms with Crippen molar-refractivity contribution in [3.05, 3.63) is 42.0 Å². The van der Waals surface area contributed by atoms with Gasteiger partial charge in [0.1, 0.15) is 11.3 Å². The van der Waals surface area contributed by atoms with E-state index in [2.05, 4.69) is 15.4 Å². The van der Waals surface area contributed by atoms with Crippen LogP contribution < -0.4 is 5.32 Å². The van der Waals surface area contributed by atoms with Crippen LogP contribution in [0.4, 0.5) is 10.5 Å². The van der Waals surface area contributed by atoms with E-state index in [4.69, 9.17) is 4.74 Å². The molecule has 0 spiro atoms. The molecule has 0 bridgehead atoms. The minimum atomic E-state index is -0.574. The van der Waals surface area contributed by atoms with Crippen molar-refractivity contribution in [2.45, 2.75) is 44.6 Å². The molecular formula is C18H22N4O3. The SMILES string of the molecule is Cn1cc(C2(C(=O)c3ccc(NC(=O)OC(C)(C)C)cn3)CC2)cn1. The lowest BCUT2D eigenvalue weighted by Gasteiger charge is -2.19. The molecule has 132 valence electrons. The average molecular weight is 342 g/mol. The van der Waals surface area contributed by atoms with Crippen LogP contribution in [0.2, 0.25) is 0 Å². The first kappa shape index (κ1) is 17.1. The van der Waals surface area contributed by atoms with E-state index < -0.39 is 17.1 Å². The lowest BCUT2D eigenvalue weighted by molar-refractivity contribution is 0.0635. The van der Waals surface area contributed by atoms with E-state index in [0.29, 0.717) is 11.4 Å².